The summed E-state index contributed by atoms with van der Waals surface area (Å²) in [5.74, 6) is 1.89. The Labute approximate surface area is 149 Å². The highest BCUT2D eigenvalue weighted by atomic mass is 16.5. The van der Waals surface area contributed by atoms with Gasteiger partial charge in [0.1, 0.15) is 24.0 Å². The van der Waals surface area contributed by atoms with E-state index < -0.39 is 0 Å². The molecule has 0 bridgehead atoms. The molecule has 4 rings (SSSR count). The third-order valence-electron chi connectivity index (χ3n) is 4.40. The van der Waals surface area contributed by atoms with E-state index in [0.29, 0.717) is 50.2 Å². The van der Waals surface area contributed by atoms with Gasteiger partial charge in [-0.15, -0.1) is 0 Å². The van der Waals surface area contributed by atoms with Crippen LogP contribution < -0.4 is 10.5 Å². The zero-order chi connectivity index (χ0) is 17.9. The number of rotatable bonds is 4. The number of aromatic amines is 1. The lowest BCUT2D eigenvalue weighted by atomic mass is 10.3. The van der Waals surface area contributed by atoms with Gasteiger partial charge in [-0.3, -0.25) is 4.79 Å². The quantitative estimate of drug-likeness (QED) is 0.755. The molecule has 1 aliphatic heterocycles. The number of benzene rings is 1. The summed E-state index contributed by atoms with van der Waals surface area (Å²) in [5.41, 5.74) is 1.53. The first-order valence-corrected chi connectivity index (χ1v) is 8.48. The lowest BCUT2D eigenvalue weighted by Gasteiger charge is -2.27. The maximum absolute atomic E-state index is 12.1. The highest BCUT2D eigenvalue weighted by molar-refractivity contribution is 5.76. The summed E-state index contributed by atoms with van der Waals surface area (Å²) in [7, 11) is 0. The second kappa shape index (κ2) is 6.98. The van der Waals surface area contributed by atoms with Crippen LogP contribution in [0.25, 0.3) is 11.0 Å². The normalized spacial score (nSPS) is 14.5. The molecular weight excluding hydrogens is 332 g/mol. The van der Waals surface area contributed by atoms with Gasteiger partial charge in [0.2, 0.25) is 0 Å². The van der Waals surface area contributed by atoms with Crippen molar-refractivity contribution >= 4 is 16.9 Å². The van der Waals surface area contributed by atoms with Gasteiger partial charge >= 0.3 is 0 Å². The van der Waals surface area contributed by atoms with Crippen molar-refractivity contribution in [3.05, 3.63) is 52.3 Å². The maximum Gasteiger partial charge on any atom is 0.252 e. The van der Waals surface area contributed by atoms with Crippen LogP contribution in [0, 0.1) is 11.3 Å². The molecular formula is C18H18N6O2. The number of fused-ring (bicyclic) bond motifs is 1. The van der Waals surface area contributed by atoms with Crippen LogP contribution in [0.3, 0.4) is 0 Å². The first-order valence-electron chi connectivity index (χ1n) is 8.48. The molecule has 1 aromatic carbocycles. The third kappa shape index (κ3) is 3.17. The van der Waals surface area contributed by atoms with Crippen LogP contribution in [-0.4, -0.2) is 45.8 Å². The first kappa shape index (κ1) is 16.3. The van der Waals surface area contributed by atoms with Gasteiger partial charge in [0.15, 0.2) is 0 Å². The van der Waals surface area contributed by atoms with E-state index in [1.54, 1.807) is 0 Å². The Kier molecular flexibility index (Phi) is 4.37. The molecule has 0 spiro atoms. The average Bonchev–Trinajstić information content (AvgIpc) is 3.00. The molecule has 3 heterocycles. The van der Waals surface area contributed by atoms with Crippen molar-refractivity contribution in [2.75, 3.05) is 31.2 Å². The molecule has 0 saturated carbocycles. The van der Waals surface area contributed by atoms with Crippen LogP contribution in [0.1, 0.15) is 11.6 Å². The van der Waals surface area contributed by atoms with Gasteiger partial charge in [-0.2, -0.15) is 5.26 Å². The summed E-state index contributed by atoms with van der Waals surface area (Å²) in [5, 5.41) is 9.16. The van der Waals surface area contributed by atoms with Crippen molar-refractivity contribution in [3.8, 4) is 6.07 Å². The van der Waals surface area contributed by atoms with Crippen LogP contribution in [-0.2, 0) is 17.7 Å². The van der Waals surface area contributed by atoms with E-state index >= 15 is 0 Å². The highest BCUT2D eigenvalue weighted by Gasteiger charge is 2.16. The zero-order valence-electron chi connectivity index (χ0n) is 14.2. The van der Waals surface area contributed by atoms with E-state index in [9.17, 15) is 4.79 Å². The van der Waals surface area contributed by atoms with Gasteiger partial charge < -0.3 is 19.2 Å². The highest BCUT2D eigenvalue weighted by Crippen LogP contribution is 2.18. The standard InChI is InChI=1S/C18H18N6O2/c19-5-6-24-14-4-2-1-3-13(14)20-17(24)11-15-21-16(12-18(25)22-15)23-7-9-26-10-8-23/h1-4,12H,6-11H2,(H,21,22,25). The molecule has 3 aromatic rings. The van der Waals surface area contributed by atoms with Gasteiger partial charge in [-0.05, 0) is 12.1 Å². The number of aromatic nitrogens is 4. The Hall–Kier alpha value is -3.18. The minimum atomic E-state index is -0.195. The fourth-order valence-electron chi connectivity index (χ4n) is 3.19. The zero-order valence-corrected chi connectivity index (χ0v) is 14.2. The summed E-state index contributed by atoms with van der Waals surface area (Å²) in [4.78, 5) is 26.1. The summed E-state index contributed by atoms with van der Waals surface area (Å²) >= 11 is 0. The SMILES string of the molecule is N#CCn1c(Cc2nc(N3CCOCC3)cc(=O)[nH]2)nc2ccccc21. The van der Waals surface area contributed by atoms with Crippen LogP contribution in [0.15, 0.2) is 35.1 Å². The Morgan fingerprint density at radius 3 is 2.85 bits per heavy atom. The monoisotopic (exact) mass is 350 g/mol. The summed E-state index contributed by atoms with van der Waals surface area (Å²) in [6.07, 6.45) is 0.351. The Morgan fingerprint density at radius 2 is 2.04 bits per heavy atom. The van der Waals surface area contributed by atoms with Gasteiger partial charge in [-0.1, -0.05) is 12.1 Å². The third-order valence-corrected chi connectivity index (χ3v) is 4.40. The first-order chi connectivity index (χ1) is 12.7. The van der Waals surface area contributed by atoms with E-state index in [1.165, 1.54) is 6.07 Å². The van der Waals surface area contributed by atoms with Gasteiger partial charge in [0.05, 0.1) is 36.7 Å². The number of nitrogens with zero attached hydrogens (tertiary/aromatic N) is 5. The largest absolute Gasteiger partial charge is 0.378 e. The Morgan fingerprint density at radius 1 is 1.23 bits per heavy atom. The number of para-hydroxylation sites is 2. The number of hydrogen-bond acceptors (Lipinski definition) is 6. The van der Waals surface area contributed by atoms with Crippen molar-refractivity contribution in [3.63, 3.8) is 0 Å². The topological polar surface area (TPSA) is 99.8 Å². The van der Waals surface area contributed by atoms with E-state index in [-0.39, 0.29) is 12.1 Å². The molecule has 1 saturated heterocycles. The van der Waals surface area contributed by atoms with Gasteiger partial charge in [0, 0.05) is 19.2 Å². The predicted molar refractivity (Wildman–Crippen MR) is 96.0 cm³/mol. The van der Waals surface area contributed by atoms with E-state index in [0.717, 1.165) is 11.0 Å². The van der Waals surface area contributed by atoms with Gasteiger partial charge in [0.25, 0.3) is 5.56 Å². The molecule has 1 N–H and O–H groups in total. The number of hydrogen-bond donors (Lipinski definition) is 1. The van der Waals surface area contributed by atoms with Crippen molar-refractivity contribution in [1.29, 1.82) is 5.26 Å². The number of H-pyrrole nitrogens is 1. The average molecular weight is 350 g/mol. The number of imidazole rings is 1. The summed E-state index contributed by atoms with van der Waals surface area (Å²) < 4.78 is 7.21. The molecule has 0 unspecified atom stereocenters. The van der Waals surface area contributed by atoms with Crippen molar-refractivity contribution in [2.45, 2.75) is 13.0 Å². The molecule has 1 aliphatic rings. The number of anilines is 1. The summed E-state index contributed by atoms with van der Waals surface area (Å²) in [6, 6.07) is 11.4. The number of morpholine rings is 1. The van der Waals surface area contributed by atoms with Crippen LogP contribution >= 0.6 is 0 Å². The molecule has 0 radical (unpaired) electrons. The number of nitriles is 1. The fraction of sp³-hybridized carbons (Fsp3) is 0.333. The molecule has 132 valence electrons. The van der Waals surface area contributed by atoms with Crippen molar-refractivity contribution in [2.24, 2.45) is 0 Å². The van der Waals surface area contributed by atoms with E-state index in [4.69, 9.17) is 10.00 Å². The molecule has 2 aromatic heterocycles. The second-order valence-corrected chi connectivity index (χ2v) is 6.09. The van der Waals surface area contributed by atoms with Crippen molar-refractivity contribution < 1.29 is 4.74 Å². The van der Waals surface area contributed by atoms with Gasteiger partial charge in [-0.25, -0.2) is 9.97 Å². The summed E-state index contributed by atoms with van der Waals surface area (Å²) in [6.45, 7) is 2.87. The second-order valence-electron chi connectivity index (χ2n) is 6.09. The lowest BCUT2D eigenvalue weighted by Crippen LogP contribution is -2.37. The minimum absolute atomic E-state index is 0.195. The van der Waals surface area contributed by atoms with Crippen LogP contribution in [0.4, 0.5) is 5.82 Å². The molecule has 0 aliphatic carbocycles. The lowest BCUT2D eigenvalue weighted by molar-refractivity contribution is 0.122. The van der Waals surface area contributed by atoms with Crippen molar-refractivity contribution in [1.82, 2.24) is 19.5 Å². The minimum Gasteiger partial charge on any atom is -0.378 e. The molecule has 0 amide bonds. The van der Waals surface area contributed by atoms with E-state index in [2.05, 4.69) is 21.0 Å². The molecule has 8 nitrogen and oxygen atoms in total. The Bertz CT molecular complexity index is 1030. The molecule has 0 atom stereocenters. The predicted octanol–water partition coefficient (Wildman–Crippen LogP) is 1.07. The fourth-order valence-corrected chi connectivity index (χ4v) is 3.19. The smallest absolute Gasteiger partial charge is 0.252 e. The number of ether oxygens (including phenoxy) is 1. The van der Waals surface area contributed by atoms with Crippen LogP contribution in [0.2, 0.25) is 0 Å². The molecule has 1 fully saturated rings. The van der Waals surface area contributed by atoms with Crippen LogP contribution in [0.5, 0.6) is 0 Å². The van der Waals surface area contributed by atoms with E-state index in [1.807, 2.05) is 33.7 Å². The molecule has 26 heavy (non-hydrogen) atoms. The Balaban J connectivity index is 1.70. The maximum atomic E-state index is 12.1. The number of nitrogens with one attached hydrogen (secondary N) is 1. The molecule has 8 heteroatoms.